The average molecular weight is 358 g/mol. The molecule has 2 fully saturated rings. The summed E-state index contributed by atoms with van der Waals surface area (Å²) in [5.41, 5.74) is 8.88. The van der Waals surface area contributed by atoms with E-state index in [9.17, 15) is 4.79 Å². The Morgan fingerprint density at radius 2 is 1.73 bits per heavy atom. The second kappa shape index (κ2) is 7.99. The molecule has 0 radical (unpaired) electrons. The highest BCUT2D eigenvalue weighted by molar-refractivity contribution is 5.79. The Morgan fingerprint density at radius 3 is 2.31 bits per heavy atom. The van der Waals surface area contributed by atoms with Gasteiger partial charge in [-0.25, -0.2) is 0 Å². The van der Waals surface area contributed by atoms with E-state index in [0.29, 0.717) is 6.04 Å². The van der Waals surface area contributed by atoms with Gasteiger partial charge in [-0.05, 0) is 55.2 Å². The highest BCUT2D eigenvalue weighted by atomic mass is 16.1. The minimum atomic E-state index is 0.127. The molecule has 1 saturated carbocycles. The predicted octanol–water partition coefficient (Wildman–Crippen LogP) is 3.59. The van der Waals surface area contributed by atoms with Gasteiger partial charge in [-0.3, -0.25) is 4.79 Å². The lowest BCUT2D eigenvalue weighted by Crippen LogP contribution is -2.47. The zero-order chi connectivity index (χ0) is 18.7. The Labute approximate surface area is 158 Å². The summed E-state index contributed by atoms with van der Waals surface area (Å²) in [6.07, 6.45) is 6.04. The number of nitrogens with one attached hydrogen (secondary N) is 1. The molecule has 1 heterocycles. The first-order valence-corrected chi connectivity index (χ1v) is 10.2. The zero-order valence-corrected chi connectivity index (χ0v) is 16.6. The van der Waals surface area contributed by atoms with Crippen LogP contribution >= 0.6 is 0 Å². The van der Waals surface area contributed by atoms with E-state index in [2.05, 4.69) is 55.3 Å². The van der Waals surface area contributed by atoms with Crippen LogP contribution in [-0.4, -0.2) is 31.1 Å². The van der Waals surface area contributed by atoms with Gasteiger partial charge in [0.1, 0.15) is 0 Å². The minimum Gasteiger partial charge on any atom is -0.371 e. The summed E-state index contributed by atoms with van der Waals surface area (Å²) in [7, 11) is 0. The molecule has 1 amide bonds. The van der Waals surface area contributed by atoms with Crippen LogP contribution < -0.4 is 16.0 Å². The smallest absolute Gasteiger partial charge is 0.223 e. The van der Waals surface area contributed by atoms with Gasteiger partial charge in [0.15, 0.2) is 0 Å². The summed E-state index contributed by atoms with van der Waals surface area (Å²) < 4.78 is 0. The second-order valence-electron chi connectivity index (χ2n) is 9.19. The first-order chi connectivity index (χ1) is 12.3. The Bertz CT molecular complexity index is 597. The largest absolute Gasteiger partial charge is 0.371 e. The SMILES string of the molecule is CC(C)(C)c1ccc(N2CCC(NC(=O)C3CCCC(N)C3)CC2)cc1. The molecule has 1 aromatic carbocycles. The molecule has 2 atom stereocenters. The number of carbonyl (C=O) groups excluding carboxylic acids is 1. The van der Waals surface area contributed by atoms with Crippen molar-refractivity contribution in [3.8, 4) is 0 Å². The molecular weight excluding hydrogens is 322 g/mol. The lowest BCUT2D eigenvalue weighted by atomic mass is 9.85. The van der Waals surface area contributed by atoms with Crippen LogP contribution in [0.25, 0.3) is 0 Å². The Kier molecular flexibility index (Phi) is 5.91. The number of amides is 1. The Morgan fingerprint density at radius 1 is 1.08 bits per heavy atom. The number of nitrogens with two attached hydrogens (primary N) is 1. The molecule has 3 rings (SSSR count). The molecule has 2 aliphatic rings. The number of hydrogen-bond acceptors (Lipinski definition) is 3. The van der Waals surface area contributed by atoms with E-state index < -0.39 is 0 Å². The second-order valence-corrected chi connectivity index (χ2v) is 9.19. The van der Waals surface area contributed by atoms with Crippen molar-refractivity contribution in [1.29, 1.82) is 0 Å². The number of nitrogens with zero attached hydrogens (tertiary/aromatic N) is 1. The summed E-state index contributed by atoms with van der Waals surface area (Å²) in [4.78, 5) is 15.0. The molecule has 0 bridgehead atoms. The third-order valence-corrected chi connectivity index (χ3v) is 6.03. The van der Waals surface area contributed by atoms with E-state index in [-0.39, 0.29) is 23.3 Å². The molecule has 0 aromatic heterocycles. The van der Waals surface area contributed by atoms with Crippen molar-refractivity contribution in [3.63, 3.8) is 0 Å². The van der Waals surface area contributed by atoms with E-state index in [4.69, 9.17) is 5.73 Å². The van der Waals surface area contributed by atoms with Crippen LogP contribution in [0.2, 0.25) is 0 Å². The first kappa shape index (κ1) is 19.2. The van der Waals surface area contributed by atoms with Gasteiger partial charge in [0, 0.05) is 36.8 Å². The van der Waals surface area contributed by atoms with Gasteiger partial charge in [0.2, 0.25) is 5.91 Å². The van der Waals surface area contributed by atoms with Crippen molar-refractivity contribution in [3.05, 3.63) is 29.8 Å². The average Bonchev–Trinajstić information content (AvgIpc) is 2.62. The van der Waals surface area contributed by atoms with Gasteiger partial charge in [0.05, 0.1) is 0 Å². The van der Waals surface area contributed by atoms with Crippen LogP contribution in [0.4, 0.5) is 5.69 Å². The van der Waals surface area contributed by atoms with Gasteiger partial charge in [0.25, 0.3) is 0 Å². The third kappa shape index (κ3) is 4.79. The van der Waals surface area contributed by atoms with E-state index in [1.54, 1.807) is 0 Å². The zero-order valence-electron chi connectivity index (χ0n) is 16.6. The molecule has 1 aliphatic heterocycles. The fourth-order valence-corrected chi connectivity index (χ4v) is 4.24. The molecular formula is C22H35N3O. The summed E-state index contributed by atoms with van der Waals surface area (Å²) in [6.45, 7) is 8.74. The molecule has 4 heteroatoms. The van der Waals surface area contributed by atoms with Crippen molar-refractivity contribution in [2.24, 2.45) is 11.7 Å². The van der Waals surface area contributed by atoms with Crippen molar-refractivity contribution < 1.29 is 4.79 Å². The van der Waals surface area contributed by atoms with Crippen LogP contribution in [0.3, 0.4) is 0 Å². The highest BCUT2D eigenvalue weighted by Gasteiger charge is 2.28. The molecule has 0 spiro atoms. The van der Waals surface area contributed by atoms with E-state index in [1.807, 2.05) is 0 Å². The molecule has 3 N–H and O–H groups in total. The quantitative estimate of drug-likeness (QED) is 0.869. The number of piperidine rings is 1. The van der Waals surface area contributed by atoms with Crippen LogP contribution in [0, 0.1) is 5.92 Å². The predicted molar refractivity (Wildman–Crippen MR) is 108 cm³/mol. The molecule has 26 heavy (non-hydrogen) atoms. The summed E-state index contributed by atoms with van der Waals surface area (Å²) in [5, 5.41) is 3.29. The number of benzene rings is 1. The minimum absolute atomic E-state index is 0.127. The number of hydrogen-bond donors (Lipinski definition) is 2. The molecule has 1 saturated heterocycles. The van der Waals surface area contributed by atoms with E-state index in [0.717, 1.165) is 51.6 Å². The fraction of sp³-hybridized carbons (Fsp3) is 0.682. The fourth-order valence-electron chi connectivity index (χ4n) is 4.24. The summed E-state index contributed by atoms with van der Waals surface area (Å²) in [6, 6.07) is 9.49. The van der Waals surface area contributed by atoms with E-state index in [1.165, 1.54) is 11.3 Å². The van der Waals surface area contributed by atoms with Crippen molar-refractivity contribution >= 4 is 11.6 Å². The van der Waals surface area contributed by atoms with Gasteiger partial charge in [-0.2, -0.15) is 0 Å². The number of carbonyl (C=O) groups is 1. The molecule has 1 aromatic rings. The van der Waals surface area contributed by atoms with Gasteiger partial charge in [-0.15, -0.1) is 0 Å². The number of anilines is 1. The van der Waals surface area contributed by atoms with Crippen molar-refractivity contribution in [1.82, 2.24) is 5.32 Å². The topological polar surface area (TPSA) is 58.4 Å². The van der Waals surface area contributed by atoms with E-state index >= 15 is 0 Å². The lowest BCUT2D eigenvalue weighted by molar-refractivity contribution is -0.127. The summed E-state index contributed by atoms with van der Waals surface area (Å²) >= 11 is 0. The Hall–Kier alpha value is -1.55. The molecule has 2 unspecified atom stereocenters. The highest BCUT2D eigenvalue weighted by Crippen LogP contribution is 2.27. The van der Waals surface area contributed by atoms with Crippen LogP contribution in [0.15, 0.2) is 24.3 Å². The van der Waals surface area contributed by atoms with Crippen LogP contribution in [0.1, 0.15) is 64.9 Å². The molecule has 4 nitrogen and oxygen atoms in total. The lowest BCUT2D eigenvalue weighted by Gasteiger charge is -2.35. The van der Waals surface area contributed by atoms with Gasteiger partial charge < -0.3 is 16.0 Å². The monoisotopic (exact) mass is 357 g/mol. The normalized spacial score (nSPS) is 25.2. The first-order valence-electron chi connectivity index (χ1n) is 10.2. The Balaban J connectivity index is 1.49. The standard InChI is InChI=1S/C22H35N3O/c1-22(2,3)17-7-9-20(10-8-17)25-13-11-19(12-14-25)24-21(26)16-5-4-6-18(23)15-16/h7-10,16,18-19H,4-6,11-15,23H2,1-3H3,(H,24,26). The summed E-state index contributed by atoms with van der Waals surface area (Å²) in [5.74, 6) is 0.356. The van der Waals surface area contributed by atoms with Crippen LogP contribution in [0.5, 0.6) is 0 Å². The van der Waals surface area contributed by atoms with Gasteiger partial charge in [-0.1, -0.05) is 39.3 Å². The maximum atomic E-state index is 12.5. The van der Waals surface area contributed by atoms with Crippen LogP contribution in [-0.2, 0) is 10.2 Å². The number of rotatable bonds is 3. The van der Waals surface area contributed by atoms with Crippen molar-refractivity contribution in [2.45, 2.75) is 76.8 Å². The van der Waals surface area contributed by atoms with Gasteiger partial charge >= 0.3 is 0 Å². The molecule has 1 aliphatic carbocycles. The van der Waals surface area contributed by atoms with Crippen molar-refractivity contribution in [2.75, 3.05) is 18.0 Å². The third-order valence-electron chi connectivity index (χ3n) is 6.03. The maximum Gasteiger partial charge on any atom is 0.223 e. The molecule has 144 valence electrons. The maximum absolute atomic E-state index is 12.5.